The lowest BCUT2D eigenvalue weighted by molar-refractivity contribution is -0.0547. The van der Waals surface area contributed by atoms with Crippen molar-refractivity contribution in [3.63, 3.8) is 0 Å². The minimum absolute atomic E-state index is 0.405. The van der Waals surface area contributed by atoms with Crippen LogP contribution in [0.5, 0.6) is 0 Å². The lowest BCUT2D eigenvalue weighted by Gasteiger charge is -2.12. The van der Waals surface area contributed by atoms with E-state index >= 15 is 0 Å². The van der Waals surface area contributed by atoms with Gasteiger partial charge in [-0.15, -0.1) is 0 Å². The van der Waals surface area contributed by atoms with Crippen LogP contribution in [0.2, 0.25) is 0 Å². The lowest BCUT2D eigenvalue weighted by atomic mass is 10.1. The summed E-state index contributed by atoms with van der Waals surface area (Å²) in [6.45, 7) is 0.222. The van der Waals surface area contributed by atoms with Gasteiger partial charge in [0, 0.05) is 19.3 Å². The Hall–Kier alpha value is -1.28. The number of likely N-dealkylation sites (N-methyl/N-ethyl adjacent to an activating group) is 1. The highest BCUT2D eigenvalue weighted by molar-refractivity contribution is 7.87. The molecule has 0 N–H and O–H groups in total. The number of fused-ring (bicyclic) bond motifs is 1. The summed E-state index contributed by atoms with van der Waals surface area (Å²) >= 11 is 0. The van der Waals surface area contributed by atoms with E-state index in [0.29, 0.717) is 5.56 Å². The first kappa shape index (κ1) is 14.1. The third-order valence-corrected chi connectivity index (χ3v) is 3.93. The second-order valence-corrected chi connectivity index (χ2v) is 5.90. The van der Waals surface area contributed by atoms with Crippen molar-refractivity contribution >= 4 is 15.8 Å². The van der Waals surface area contributed by atoms with Gasteiger partial charge in [-0.05, 0) is 23.6 Å². The summed E-state index contributed by atoms with van der Waals surface area (Å²) < 4.78 is 61.8. The molecule has 0 fully saturated rings. The molecule has 0 radical (unpaired) electrons. The molecule has 0 amide bonds. The van der Waals surface area contributed by atoms with Gasteiger partial charge < -0.3 is 4.90 Å². The summed E-state index contributed by atoms with van der Waals surface area (Å²) in [5.41, 5.74) is -3.00. The average Bonchev–Trinajstić information content (AvgIpc) is 2.67. The largest absolute Gasteiger partial charge is 0.523 e. The van der Waals surface area contributed by atoms with Crippen molar-refractivity contribution < 1.29 is 25.8 Å². The summed E-state index contributed by atoms with van der Waals surface area (Å²) in [7, 11) is -3.62. The smallest absolute Gasteiger partial charge is 0.374 e. The van der Waals surface area contributed by atoms with Gasteiger partial charge in [0.25, 0.3) is 0 Å². The molecule has 0 aromatic heterocycles. The second kappa shape index (κ2) is 4.68. The van der Waals surface area contributed by atoms with E-state index in [2.05, 4.69) is 4.18 Å². The zero-order valence-electron chi connectivity index (χ0n) is 10.1. The van der Waals surface area contributed by atoms with Gasteiger partial charge in [0.05, 0.1) is 6.61 Å². The van der Waals surface area contributed by atoms with Crippen LogP contribution in [0.3, 0.4) is 0 Å². The van der Waals surface area contributed by atoms with Crippen LogP contribution >= 0.6 is 0 Å². The summed E-state index contributed by atoms with van der Waals surface area (Å²) in [5, 5.41) is 0. The average molecular weight is 295 g/mol. The zero-order chi connectivity index (χ0) is 14.3. The fourth-order valence-electron chi connectivity index (χ4n) is 1.92. The van der Waals surface area contributed by atoms with E-state index in [4.69, 9.17) is 0 Å². The molecule has 0 saturated heterocycles. The van der Waals surface area contributed by atoms with Crippen molar-refractivity contribution in [3.05, 3.63) is 29.3 Å². The number of hydrogen-bond donors (Lipinski definition) is 0. The SMILES string of the molecule is CN1CCc2cc(COS(=O)(=O)C(F)(F)F)ccc21. The van der Waals surface area contributed by atoms with Crippen molar-refractivity contribution in [1.29, 1.82) is 0 Å². The van der Waals surface area contributed by atoms with Crippen LogP contribution in [0.15, 0.2) is 18.2 Å². The normalized spacial score (nSPS) is 15.7. The number of alkyl halides is 3. The summed E-state index contributed by atoms with van der Waals surface area (Å²) in [6, 6.07) is 4.98. The first-order chi connectivity index (χ1) is 8.71. The number of rotatable bonds is 3. The number of benzene rings is 1. The zero-order valence-corrected chi connectivity index (χ0v) is 10.9. The van der Waals surface area contributed by atoms with E-state index in [1.807, 2.05) is 11.9 Å². The van der Waals surface area contributed by atoms with Crippen LogP contribution in [0.1, 0.15) is 11.1 Å². The Morgan fingerprint density at radius 3 is 2.68 bits per heavy atom. The Labute approximate surface area is 108 Å². The van der Waals surface area contributed by atoms with Crippen LogP contribution < -0.4 is 4.90 Å². The van der Waals surface area contributed by atoms with Crippen LogP contribution in [-0.4, -0.2) is 27.5 Å². The molecule has 0 bridgehead atoms. The topological polar surface area (TPSA) is 46.6 Å². The molecule has 19 heavy (non-hydrogen) atoms. The first-order valence-electron chi connectivity index (χ1n) is 5.49. The molecule has 106 valence electrons. The number of halogens is 3. The molecule has 1 aromatic rings. The van der Waals surface area contributed by atoms with Crippen molar-refractivity contribution in [3.8, 4) is 0 Å². The fraction of sp³-hybridized carbons (Fsp3) is 0.455. The van der Waals surface area contributed by atoms with Crippen molar-refractivity contribution in [1.82, 2.24) is 0 Å². The molecule has 0 aliphatic carbocycles. The predicted molar refractivity (Wildman–Crippen MR) is 63.2 cm³/mol. The van der Waals surface area contributed by atoms with E-state index in [1.54, 1.807) is 18.2 Å². The highest BCUT2D eigenvalue weighted by atomic mass is 32.2. The van der Waals surface area contributed by atoms with Crippen LogP contribution in [0.4, 0.5) is 18.9 Å². The molecule has 0 unspecified atom stereocenters. The van der Waals surface area contributed by atoms with Gasteiger partial charge >= 0.3 is 15.6 Å². The molecule has 0 saturated carbocycles. The van der Waals surface area contributed by atoms with Gasteiger partial charge in [-0.3, -0.25) is 4.18 Å². The van der Waals surface area contributed by atoms with Crippen molar-refractivity contribution in [2.75, 3.05) is 18.5 Å². The fourth-order valence-corrected chi connectivity index (χ4v) is 2.35. The lowest BCUT2D eigenvalue weighted by Crippen LogP contribution is -2.25. The van der Waals surface area contributed by atoms with E-state index < -0.39 is 22.2 Å². The van der Waals surface area contributed by atoms with Crippen LogP contribution in [0.25, 0.3) is 0 Å². The molecule has 0 atom stereocenters. The van der Waals surface area contributed by atoms with Gasteiger partial charge in [-0.25, -0.2) is 0 Å². The predicted octanol–water partition coefficient (Wildman–Crippen LogP) is 2.05. The van der Waals surface area contributed by atoms with Crippen molar-refractivity contribution in [2.24, 2.45) is 0 Å². The van der Waals surface area contributed by atoms with Crippen molar-refractivity contribution in [2.45, 2.75) is 18.5 Å². The first-order valence-corrected chi connectivity index (χ1v) is 6.90. The van der Waals surface area contributed by atoms with E-state index in [9.17, 15) is 21.6 Å². The van der Waals surface area contributed by atoms with Gasteiger partial charge in [0.1, 0.15) is 0 Å². The molecule has 2 rings (SSSR count). The standard InChI is InChI=1S/C11H12F3NO3S/c1-15-5-4-9-6-8(2-3-10(9)15)7-18-19(16,17)11(12,13)14/h2-3,6H,4-5,7H2,1H3. The highest BCUT2D eigenvalue weighted by Gasteiger charge is 2.47. The third-order valence-electron chi connectivity index (χ3n) is 2.94. The molecular formula is C11H12F3NO3S. The van der Waals surface area contributed by atoms with Crippen LogP contribution in [0, 0.1) is 0 Å². The maximum atomic E-state index is 12.1. The Kier molecular flexibility index (Phi) is 3.48. The van der Waals surface area contributed by atoms with Gasteiger partial charge in [-0.1, -0.05) is 12.1 Å². The molecule has 4 nitrogen and oxygen atoms in total. The molecule has 0 spiro atoms. The quantitative estimate of drug-likeness (QED) is 0.632. The third kappa shape index (κ3) is 2.84. The summed E-state index contributed by atoms with van der Waals surface area (Å²) in [4.78, 5) is 2.02. The van der Waals surface area contributed by atoms with Gasteiger partial charge in [-0.2, -0.15) is 21.6 Å². The summed E-state index contributed by atoms with van der Waals surface area (Å²) in [6.07, 6.45) is 0.783. The highest BCUT2D eigenvalue weighted by Crippen LogP contribution is 2.29. The number of anilines is 1. The van der Waals surface area contributed by atoms with Crippen LogP contribution in [-0.2, 0) is 27.3 Å². The molecule has 8 heteroatoms. The molecular weight excluding hydrogens is 283 g/mol. The Morgan fingerprint density at radius 2 is 2.05 bits per heavy atom. The number of hydrogen-bond acceptors (Lipinski definition) is 4. The molecule has 1 heterocycles. The minimum Gasteiger partial charge on any atom is -0.374 e. The Balaban J connectivity index is 2.10. The van der Waals surface area contributed by atoms with E-state index in [-0.39, 0.29) is 0 Å². The van der Waals surface area contributed by atoms with Gasteiger partial charge in [0.15, 0.2) is 0 Å². The summed E-state index contributed by atoms with van der Waals surface area (Å²) in [5.74, 6) is 0. The second-order valence-electron chi connectivity index (χ2n) is 4.30. The van der Waals surface area contributed by atoms with E-state index in [0.717, 1.165) is 24.2 Å². The number of nitrogens with zero attached hydrogens (tertiary/aromatic N) is 1. The molecule has 1 aliphatic rings. The minimum atomic E-state index is -5.53. The van der Waals surface area contributed by atoms with E-state index in [1.165, 1.54) is 0 Å². The Morgan fingerprint density at radius 1 is 1.37 bits per heavy atom. The molecule has 1 aromatic carbocycles. The maximum Gasteiger partial charge on any atom is 0.523 e. The van der Waals surface area contributed by atoms with Gasteiger partial charge in [0.2, 0.25) is 0 Å². The Bertz CT molecular complexity index is 583. The monoisotopic (exact) mass is 295 g/mol. The molecule has 1 aliphatic heterocycles. The maximum absolute atomic E-state index is 12.1.